The van der Waals surface area contributed by atoms with E-state index in [4.69, 9.17) is 9.47 Å². The van der Waals surface area contributed by atoms with Crippen molar-refractivity contribution in [2.45, 2.75) is 25.6 Å². The van der Waals surface area contributed by atoms with E-state index in [1.165, 1.54) is 10.7 Å². The predicted octanol–water partition coefficient (Wildman–Crippen LogP) is 1.98. The van der Waals surface area contributed by atoms with Crippen LogP contribution < -0.4 is 14.8 Å². The predicted molar refractivity (Wildman–Crippen MR) is 115 cm³/mol. The zero-order valence-corrected chi connectivity index (χ0v) is 17.6. The number of aromatic nitrogens is 5. The summed E-state index contributed by atoms with van der Waals surface area (Å²) in [4.78, 5) is 17.3. The lowest BCUT2D eigenvalue weighted by Crippen LogP contribution is -2.38. The Morgan fingerprint density at radius 1 is 1.34 bits per heavy atom. The minimum absolute atomic E-state index is 0.182. The van der Waals surface area contributed by atoms with Crippen LogP contribution in [0.3, 0.4) is 0 Å². The number of aryl methyl sites for hydroxylation is 1. The molecule has 1 amide bonds. The van der Waals surface area contributed by atoms with Crippen LogP contribution in [-0.4, -0.2) is 47.6 Å². The summed E-state index contributed by atoms with van der Waals surface area (Å²) in [6.45, 7) is 2.17. The second-order valence-electron chi connectivity index (χ2n) is 8.13. The highest BCUT2D eigenvalue weighted by Gasteiger charge is 2.30. The van der Waals surface area contributed by atoms with E-state index < -0.39 is 5.60 Å². The first-order chi connectivity index (χ1) is 15.4. The Kier molecular flexibility index (Phi) is 4.78. The van der Waals surface area contributed by atoms with E-state index in [9.17, 15) is 9.90 Å². The molecule has 10 heteroatoms. The monoisotopic (exact) mass is 434 g/mol. The van der Waals surface area contributed by atoms with Crippen molar-refractivity contribution in [2.75, 3.05) is 11.9 Å². The molecule has 0 spiro atoms. The highest BCUT2D eigenvalue weighted by Crippen LogP contribution is 2.38. The second kappa shape index (κ2) is 7.65. The van der Waals surface area contributed by atoms with Gasteiger partial charge in [-0.3, -0.25) is 9.48 Å². The van der Waals surface area contributed by atoms with Crippen LogP contribution >= 0.6 is 0 Å². The van der Waals surface area contributed by atoms with E-state index in [0.717, 1.165) is 11.1 Å². The normalized spacial score (nSPS) is 17.6. The van der Waals surface area contributed by atoms with E-state index >= 15 is 0 Å². The van der Waals surface area contributed by atoms with Crippen molar-refractivity contribution >= 4 is 17.2 Å². The maximum atomic E-state index is 13.1. The molecule has 1 aliphatic heterocycles. The SMILES string of the molecule is Cn1cc(COc2cc3c(cc2NC(=O)c2cnn4cccnc24)C[C@](C)(O)CO3)cn1. The number of rotatable bonds is 5. The maximum absolute atomic E-state index is 13.1. The molecule has 3 aromatic heterocycles. The van der Waals surface area contributed by atoms with Crippen LogP contribution in [0.2, 0.25) is 0 Å². The van der Waals surface area contributed by atoms with Gasteiger partial charge in [0, 0.05) is 43.7 Å². The van der Waals surface area contributed by atoms with Crippen LogP contribution in [0.15, 0.2) is 49.2 Å². The van der Waals surface area contributed by atoms with Gasteiger partial charge in [0.25, 0.3) is 5.91 Å². The lowest BCUT2D eigenvalue weighted by molar-refractivity contribution is -0.000718. The molecule has 10 nitrogen and oxygen atoms in total. The number of aliphatic hydroxyl groups is 1. The standard InChI is InChI=1S/C22H22N6O4/c1-22(30)8-15-6-17(26-21(29)16-10-25-28-5-3-4-23-20(16)28)19(7-18(15)32-13-22)31-12-14-9-24-27(2)11-14/h3-7,9-11,30H,8,12-13H2,1-2H3,(H,26,29)/t22-/m0/s1. The van der Waals surface area contributed by atoms with Crippen LogP contribution in [0.1, 0.15) is 28.4 Å². The third kappa shape index (κ3) is 3.87. The lowest BCUT2D eigenvalue weighted by atomic mass is 9.93. The number of anilines is 1. The van der Waals surface area contributed by atoms with Gasteiger partial charge < -0.3 is 19.9 Å². The molecule has 0 saturated heterocycles. The van der Waals surface area contributed by atoms with Crippen molar-refractivity contribution in [3.63, 3.8) is 0 Å². The van der Waals surface area contributed by atoms with Crippen LogP contribution in [-0.2, 0) is 20.1 Å². The average Bonchev–Trinajstić information content (AvgIpc) is 3.37. The van der Waals surface area contributed by atoms with Gasteiger partial charge in [0.2, 0.25) is 0 Å². The molecule has 0 saturated carbocycles. The second-order valence-corrected chi connectivity index (χ2v) is 8.13. The molecule has 164 valence electrons. The smallest absolute Gasteiger partial charge is 0.261 e. The van der Waals surface area contributed by atoms with Crippen LogP contribution in [0.25, 0.3) is 5.65 Å². The summed E-state index contributed by atoms with van der Waals surface area (Å²) in [5, 5.41) is 21.6. The average molecular weight is 434 g/mol. The number of hydrogen-bond donors (Lipinski definition) is 2. The van der Waals surface area contributed by atoms with Crippen molar-refractivity contribution in [2.24, 2.45) is 7.05 Å². The lowest BCUT2D eigenvalue weighted by Gasteiger charge is -2.31. The van der Waals surface area contributed by atoms with Gasteiger partial charge in [0.15, 0.2) is 5.65 Å². The summed E-state index contributed by atoms with van der Waals surface area (Å²) >= 11 is 0. The topological polar surface area (TPSA) is 116 Å². The fourth-order valence-electron chi connectivity index (χ4n) is 3.67. The van der Waals surface area contributed by atoms with Gasteiger partial charge in [0.05, 0.1) is 23.7 Å². The van der Waals surface area contributed by atoms with Crippen molar-refractivity contribution in [1.82, 2.24) is 24.4 Å². The highest BCUT2D eigenvalue weighted by atomic mass is 16.5. The highest BCUT2D eigenvalue weighted by molar-refractivity contribution is 6.08. The molecule has 1 atom stereocenters. The van der Waals surface area contributed by atoms with Crippen molar-refractivity contribution in [3.8, 4) is 11.5 Å². The Bertz CT molecular complexity index is 1310. The Hall–Kier alpha value is -3.92. The number of fused-ring (bicyclic) bond motifs is 2. The molecule has 1 aliphatic rings. The fourth-order valence-corrected chi connectivity index (χ4v) is 3.67. The molecule has 32 heavy (non-hydrogen) atoms. The zero-order valence-electron chi connectivity index (χ0n) is 17.6. The van der Waals surface area contributed by atoms with E-state index in [1.54, 1.807) is 48.4 Å². The summed E-state index contributed by atoms with van der Waals surface area (Å²) in [6, 6.07) is 5.25. The number of nitrogens with one attached hydrogen (secondary N) is 1. The van der Waals surface area contributed by atoms with Gasteiger partial charge in [-0.2, -0.15) is 10.2 Å². The number of carbonyl (C=O) groups excluding carboxylic acids is 1. The molecule has 4 heterocycles. The first kappa shape index (κ1) is 20.0. The third-order valence-corrected chi connectivity index (χ3v) is 5.20. The molecule has 0 aliphatic carbocycles. The van der Waals surface area contributed by atoms with Crippen LogP contribution in [0.5, 0.6) is 11.5 Å². The quantitative estimate of drug-likeness (QED) is 0.493. The van der Waals surface area contributed by atoms with E-state index in [1.807, 2.05) is 13.2 Å². The van der Waals surface area contributed by atoms with Gasteiger partial charge >= 0.3 is 0 Å². The van der Waals surface area contributed by atoms with E-state index in [-0.39, 0.29) is 19.1 Å². The largest absolute Gasteiger partial charge is 0.490 e. The fraction of sp³-hybridized carbons (Fsp3) is 0.273. The third-order valence-electron chi connectivity index (χ3n) is 5.20. The molecule has 5 rings (SSSR count). The first-order valence-electron chi connectivity index (χ1n) is 10.1. The summed E-state index contributed by atoms with van der Waals surface area (Å²) in [5.41, 5.74) is 1.94. The van der Waals surface area contributed by atoms with E-state index in [0.29, 0.717) is 34.8 Å². The van der Waals surface area contributed by atoms with Gasteiger partial charge in [-0.05, 0) is 24.6 Å². The minimum atomic E-state index is -0.987. The van der Waals surface area contributed by atoms with Crippen molar-refractivity contribution in [1.29, 1.82) is 0 Å². The molecular weight excluding hydrogens is 412 g/mol. The van der Waals surface area contributed by atoms with Gasteiger partial charge in [-0.15, -0.1) is 0 Å². The Morgan fingerprint density at radius 3 is 3.03 bits per heavy atom. The number of ether oxygens (including phenoxy) is 2. The Morgan fingerprint density at radius 2 is 2.22 bits per heavy atom. The zero-order chi connectivity index (χ0) is 22.3. The minimum Gasteiger partial charge on any atom is -0.490 e. The molecule has 0 bridgehead atoms. The molecule has 2 N–H and O–H groups in total. The number of carbonyl (C=O) groups is 1. The molecule has 1 aromatic carbocycles. The molecule has 0 fully saturated rings. The van der Waals surface area contributed by atoms with Gasteiger partial charge in [-0.25, -0.2) is 9.50 Å². The number of nitrogens with zero attached hydrogens (tertiary/aromatic N) is 5. The van der Waals surface area contributed by atoms with E-state index in [2.05, 4.69) is 20.5 Å². The summed E-state index contributed by atoms with van der Waals surface area (Å²) in [7, 11) is 1.83. The molecule has 0 unspecified atom stereocenters. The maximum Gasteiger partial charge on any atom is 0.261 e. The van der Waals surface area contributed by atoms with Crippen LogP contribution in [0.4, 0.5) is 5.69 Å². The van der Waals surface area contributed by atoms with Gasteiger partial charge in [-0.1, -0.05) is 0 Å². The molecule has 0 radical (unpaired) electrons. The summed E-state index contributed by atoms with van der Waals surface area (Å²) in [6.07, 6.45) is 8.77. The Labute approximate surface area is 183 Å². The molecule has 4 aromatic rings. The Balaban J connectivity index is 1.47. The van der Waals surface area contributed by atoms with Crippen molar-refractivity contribution in [3.05, 3.63) is 65.9 Å². The van der Waals surface area contributed by atoms with Gasteiger partial charge in [0.1, 0.15) is 30.3 Å². The first-order valence-corrected chi connectivity index (χ1v) is 10.1. The number of benzene rings is 1. The van der Waals surface area contributed by atoms with Crippen molar-refractivity contribution < 1.29 is 19.4 Å². The summed E-state index contributed by atoms with van der Waals surface area (Å²) in [5.74, 6) is 0.702. The summed E-state index contributed by atoms with van der Waals surface area (Å²) < 4.78 is 15.0. The van der Waals surface area contributed by atoms with Crippen LogP contribution in [0, 0.1) is 0 Å². The molecular formula is C22H22N6O4. The number of hydrogen-bond acceptors (Lipinski definition) is 7. The number of amides is 1.